The quantitative estimate of drug-likeness (QED) is 0.241. The number of aromatic nitrogens is 4. The Balaban J connectivity index is 1.03. The van der Waals surface area contributed by atoms with Gasteiger partial charge >= 0.3 is 11.1 Å². The maximum Gasteiger partial charge on any atom is 0.316 e. The van der Waals surface area contributed by atoms with Crippen LogP contribution in [0.1, 0.15) is 38.3 Å². The van der Waals surface area contributed by atoms with E-state index in [9.17, 15) is 9.59 Å². The first-order valence-electron chi connectivity index (χ1n) is 16.9. The molecule has 0 unspecified atom stereocenters. The van der Waals surface area contributed by atoms with Crippen molar-refractivity contribution in [1.82, 2.24) is 29.3 Å². The van der Waals surface area contributed by atoms with E-state index >= 15 is 0 Å². The Morgan fingerprint density at radius 1 is 0.809 bits per heavy atom. The molecule has 2 fully saturated rings. The predicted molar refractivity (Wildman–Crippen MR) is 188 cm³/mol. The molecule has 0 atom stereocenters. The van der Waals surface area contributed by atoms with E-state index in [-0.39, 0.29) is 5.41 Å². The minimum absolute atomic E-state index is 0.113. The fraction of sp³-hybridized carbons (Fsp3) is 0.432. The monoisotopic (exact) mass is 635 g/mol. The number of aryl methyl sites for hydroxylation is 1. The van der Waals surface area contributed by atoms with Gasteiger partial charge in [-0.2, -0.15) is 0 Å². The number of nitrogens with one attached hydrogen (secondary N) is 2. The van der Waals surface area contributed by atoms with Crippen LogP contribution in [0.2, 0.25) is 0 Å². The van der Waals surface area contributed by atoms with Crippen molar-refractivity contribution in [1.29, 1.82) is 0 Å². The molecule has 2 N–H and O–H groups in total. The molecular weight excluding hydrogens is 590 g/mol. The smallest absolute Gasteiger partial charge is 0.316 e. The summed E-state index contributed by atoms with van der Waals surface area (Å²) in [5.74, 6) is 0.892. The molecule has 7 rings (SSSR count). The Bertz CT molecular complexity index is 1970. The number of ether oxygens (including phenoxy) is 1. The Morgan fingerprint density at radius 2 is 1.57 bits per heavy atom. The largest absolute Gasteiger partial charge is 0.379 e. The minimum Gasteiger partial charge on any atom is -0.379 e. The average Bonchev–Trinajstić information content (AvgIpc) is 3.52. The van der Waals surface area contributed by atoms with Gasteiger partial charge in [-0.25, -0.2) is 4.98 Å². The van der Waals surface area contributed by atoms with E-state index in [0.717, 1.165) is 111 Å². The number of piperazine rings is 1. The van der Waals surface area contributed by atoms with E-state index in [1.165, 1.54) is 5.56 Å². The van der Waals surface area contributed by atoms with E-state index in [0.29, 0.717) is 12.1 Å². The fourth-order valence-electron chi connectivity index (χ4n) is 6.85. The molecule has 0 spiro atoms. The van der Waals surface area contributed by atoms with Gasteiger partial charge in [0.25, 0.3) is 0 Å². The number of fused-ring (bicyclic) bond motifs is 2. The van der Waals surface area contributed by atoms with Crippen molar-refractivity contribution in [2.75, 3.05) is 63.9 Å². The van der Waals surface area contributed by atoms with Crippen LogP contribution in [0.3, 0.4) is 0 Å². The number of morpholine rings is 1. The predicted octanol–water partition coefficient (Wildman–Crippen LogP) is 4.58. The van der Waals surface area contributed by atoms with Gasteiger partial charge in [-0.15, -0.1) is 0 Å². The Labute approximate surface area is 275 Å². The highest BCUT2D eigenvalue weighted by Gasteiger charge is 2.21. The molecule has 0 bridgehead atoms. The van der Waals surface area contributed by atoms with Crippen LogP contribution in [0.25, 0.3) is 33.5 Å². The van der Waals surface area contributed by atoms with Gasteiger partial charge in [-0.3, -0.25) is 19.4 Å². The molecule has 0 amide bonds. The van der Waals surface area contributed by atoms with E-state index in [1.54, 1.807) is 4.57 Å². The summed E-state index contributed by atoms with van der Waals surface area (Å²) in [6, 6.07) is 21.2. The zero-order valence-corrected chi connectivity index (χ0v) is 27.7. The van der Waals surface area contributed by atoms with Gasteiger partial charge < -0.3 is 24.2 Å². The number of H-pyrrole nitrogens is 2. The lowest BCUT2D eigenvalue weighted by molar-refractivity contribution is 0.0369. The van der Waals surface area contributed by atoms with Crippen LogP contribution in [-0.4, -0.2) is 88.3 Å². The summed E-state index contributed by atoms with van der Waals surface area (Å²) in [7, 11) is 0. The minimum atomic E-state index is -0.565. The second-order valence-corrected chi connectivity index (χ2v) is 13.9. The summed E-state index contributed by atoms with van der Waals surface area (Å²) in [6.45, 7) is 15.8. The third-order valence-corrected chi connectivity index (χ3v) is 9.64. The average molecular weight is 636 g/mol. The van der Waals surface area contributed by atoms with Crippen LogP contribution in [-0.2, 0) is 23.2 Å². The SMILES string of the molecule is CC(C)(C)c1ccc(-c2nc3c(N4CCN(Cc5ccc6[nH]c(=O)c(=O)n(CCCN7CCOCC7)c6c5)CC4)cccc3[nH]2)cc1. The van der Waals surface area contributed by atoms with Gasteiger partial charge in [-0.1, -0.05) is 57.2 Å². The highest BCUT2D eigenvalue weighted by Crippen LogP contribution is 2.31. The van der Waals surface area contributed by atoms with E-state index < -0.39 is 11.1 Å². The Kier molecular flexibility index (Phi) is 8.74. The second kappa shape index (κ2) is 13.1. The number of hydrogen-bond donors (Lipinski definition) is 2. The molecule has 0 aliphatic carbocycles. The van der Waals surface area contributed by atoms with Crippen molar-refractivity contribution in [3.8, 4) is 11.4 Å². The molecule has 2 aliphatic heterocycles. The molecule has 2 aromatic heterocycles. The number of aromatic amines is 2. The summed E-state index contributed by atoms with van der Waals surface area (Å²) in [5.41, 5.74) is 7.30. The van der Waals surface area contributed by atoms with Crippen molar-refractivity contribution < 1.29 is 4.74 Å². The van der Waals surface area contributed by atoms with Gasteiger partial charge in [0, 0.05) is 64.5 Å². The number of benzene rings is 3. The zero-order valence-electron chi connectivity index (χ0n) is 27.7. The lowest BCUT2D eigenvalue weighted by Crippen LogP contribution is -2.46. The molecule has 3 aromatic carbocycles. The fourth-order valence-corrected chi connectivity index (χ4v) is 6.85. The van der Waals surface area contributed by atoms with E-state index in [2.05, 4.69) is 100 Å². The van der Waals surface area contributed by atoms with Crippen LogP contribution >= 0.6 is 0 Å². The first-order valence-corrected chi connectivity index (χ1v) is 16.9. The second-order valence-electron chi connectivity index (χ2n) is 13.9. The standard InChI is InChI=1S/C37H45N7O3/c1-37(2,3)28-11-9-27(10-12-28)34-38-30-6-4-7-31(33(30)40-34)43-18-16-42(17-19-43)25-26-8-13-29-32(24-26)44(36(46)35(45)39-29)15-5-14-41-20-22-47-23-21-41/h4,6-13,24H,5,14-23,25H2,1-3H3,(H,38,40)(H,39,45). The summed E-state index contributed by atoms with van der Waals surface area (Å²) in [5, 5.41) is 0. The van der Waals surface area contributed by atoms with Crippen LogP contribution in [0.4, 0.5) is 5.69 Å². The van der Waals surface area contributed by atoms with E-state index in [1.807, 2.05) is 6.07 Å². The first kappa shape index (κ1) is 31.4. The van der Waals surface area contributed by atoms with Gasteiger partial charge in [0.05, 0.1) is 35.5 Å². The van der Waals surface area contributed by atoms with Gasteiger partial charge in [0.2, 0.25) is 0 Å². The topological polar surface area (TPSA) is 102 Å². The Hall–Kier alpha value is -4.25. The lowest BCUT2D eigenvalue weighted by atomic mass is 9.87. The van der Waals surface area contributed by atoms with Crippen LogP contribution in [0.15, 0.2) is 70.3 Å². The molecule has 47 heavy (non-hydrogen) atoms. The third kappa shape index (κ3) is 6.76. The lowest BCUT2D eigenvalue weighted by Gasteiger charge is -2.36. The van der Waals surface area contributed by atoms with Crippen LogP contribution in [0, 0.1) is 0 Å². The molecule has 4 heterocycles. The van der Waals surface area contributed by atoms with Crippen molar-refractivity contribution in [3.05, 3.63) is 92.5 Å². The Morgan fingerprint density at radius 3 is 2.32 bits per heavy atom. The summed E-state index contributed by atoms with van der Waals surface area (Å²) in [6.07, 6.45) is 0.804. The molecule has 2 aliphatic rings. The molecule has 5 aromatic rings. The number of nitrogens with zero attached hydrogens (tertiary/aromatic N) is 5. The van der Waals surface area contributed by atoms with Crippen molar-refractivity contribution >= 4 is 27.8 Å². The molecular formula is C37H45N7O3. The molecule has 0 saturated carbocycles. The maximum absolute atomic E-state index is 12.9. The van der Waals surface area contributed by atoms with Crippen molar-refractivity contribution in [2.24, 2.45) is 0 Å². The number of rotatable bonds is 8. The highest BCUT2D eigenvalue weighted by molar-refractivity contribution is 5.91. The van der Waals surface area contributed by atoms with Crippen LogP contribution in [0.5, 0.6) is 0 Å². The normalized spacial score (nSPS) is 16.8. The summed E-state index contributed by atoms with van der Waals surface area (Å²) < 4.78 is 7.11. The maximum atomic E-state index is 12.9. The number of anilines is 1. The number of para-hydroxylation sites is 1. The van der Waals surface area contributed by atoms with Crippen molar-refractivity contribution in [2.45, 2.75) is 45.7 Å². The molecule has 2 saturated heterocycles. The third-order valence-electron chi connectivity index (χ3n) is 9.64. The summed E-state index contributed by atoms with van der Waals surface area (Å²) in [4.78, 5) is 44.0. The van der Waals surface area contributed by atoms with Crippen LogP contribution < -0.4 is 16.0 Å². The molecule has 10 heteroatoms. The van der Waals surface area contributed by atoms with Gasteiger partial charge in [0.15, 0.2) is 0 Å². The van der Waals surface area contributed by atoms with Gasteiger partial charge in [-0.05, 0) is 47.2 Å². The van der Waals surface area contributed by atoms with E-state index in [4.69, 9.17) is 9.72 Å². The summed E-state index contributed by atoms with van der Waals surface area (Å²) >= 11 is 0. The highest BCUT2D eigenvalue weighted by atomic mass is 16.5. The van der Waals surface area contributed by atoms with Crippen molar-refractivity contribution in [3.63, 3.8) is 0 Å². The molecule has 0 radical (unpaired) electrons. The zero-order chi connectivity index (χ0) is 32.5. The number of hydrogen-bond acceptors (Lipinski definition) is 7. The van der Waals surface area contributed by atoms with Gasteiger partial charge in [0.1, 0.15) is 11.3 Å². The first-order chi connectivity index (χ1) is 22.7. The molecule has 246 valence electrons. The number of imidazole rings is 1. The molecule has 10 nitrogen and oxygen atoms in total.